The highest BCUT2D eigenvalue weighted by atomic mass is 16.2. The summed E-state index contributed by atoms with van der Waals surface area (Å²) >= 11 is 0. The first kappa shape index (κ1) is 14.5. The Hall–Kier alpha value is -1.55. The fraction of sp³-hybridized carbons (Fsp3) is 0.500. The van der Waals surface area contributed by atoms with Crippen LogP contribution >= 0.6 is 0 Å². The molecule has 0 aliphatic heterocycles. The zero-order valence-electron chi connectivity index (χ0n) is 11.7. The molecule has 1 aromatic carbocycles. The standard InChI is InChI=1S/C14H23N3O/c1-14(2,3)16-13(18)17(4)10-12-7-5-11(9-15)6-8-12/h5-8H,9-10,15H2,1-4H3,(H,16,18). The molecule has 0 bridgehead atoms. The summed E-state index contributed by atoms with van der Waals surface area (Å²) in [7, 11) is 1.79. The van der Waals surface area contributed by atoms with Crippen LogP contribution in [0.4, 0.5) is 4.79 Å². The van der Waals surface area contributed by atoms with E-state index in [4.69, 9.17) is 5.73 Å². The van der Waals surface area contributed by atoms with Crippen LogP contribution in [0.3, 0.4) is 0 Å². The second kappa shape index (κ2) is 5.87. The van der Waals surface area contributed by atoms with E-state index in [1.807, 2.05) is 45.0 Å². The topological polar surface area (TPSA) is 58.4 Å². The number of carbonyl (C=O) groups is 1. The molecule has 0 spiro atoms. The molecule has 0 heterocycles. The van der Waals surface area contributed by atoms with Gasteiger partial charge in [-0.2, -0.15) is 0 Å². The van der Waals surface area contributed by atoms with Crippen molar-refractivity contribution in [2.75, 3.05) is 7.05 Å². The molecular formula is C14H23N3O. The maximum atomic E-state index is 11.9. The third-order valence-electron chi connectivity index (χ3n) is 2.51. The van der Waals surface area contributed by atoms with Crippen molar-refractivity contribution in [2.45, 2.75) is 39.4 Å². The van der Waals surface area contributed by atoms with E-state index in [1.54, 1.807) is 11.9 Å². The molecule has 18 heavy (non-hydrogen) atoms. The summed E-state index contributed by atoms with van der Waals surface area (Å²) in [5.41, 5.74) is 7.52. The lowest BCUT2D eigenvalue weighted by Crippen LogP contribution is -2.46. The number of rotatable bonds is 3. The molecule has 4 nitrogen and oxygen atoms in total. The lowest BCUT2D eigenvalue weighted by molar-refractivity contribution is 0.197. The van der Waals surface area contributed by atoms with Crippen molar-refractivity contribution < 1.29 is 4.79 Å². The van der Waals surface area contributed by atoms with Gasteiger partial charge in [0.1, 0.15) is 0 Å². The molecule has 2 amide bonds. The molecular weight excluding hydrogens is 226 g/mol. The Kier molecular flexibility index (Phi) is 4.73. The van der Waals surface area contributed by atoms with Crippen LogP contribution in [-0.2, 0) is 13.1 Å². The normalized spacial score (nSPS) is 11.2. The van der Waals surface area contributed by atoms with E-state index >= 15 is 0 Å². The predicted octanol–water partition coefficient (Wildman–Crippen LogP) is 2.09. The molecule has 0 saturated heterocycles. The lowest BCUT2D eigenvalue weighted by atomic mass is 10.1. The van der Waals surface area contributed by atoms with Gasteiger partial charge < -0.3 is 16.0 Å². The van der Waals surface area contributed by atoms with Crippen molar-refractivity contribution >= 4 is 6.03 Å². The molecule has 0 atom stereocenters. The van der Waals surface area contributed by atoms with Crippen LogP contribution in [0.15, 0.2) is 24.3 Å². The number of nitrogens with zero attached hydrogens (tertiary/aromatic N) is 1. The van der Waals surface area contributed by atoms with Crippen molar-refractivity contribution in [2.24, 2.45) is 5.73 Å². The summed E-state index contributed by atoms with van der Waals surface area (Å²) < 4.78 is 0. The van der Waals surface area contributed by atoms with Gasteiger partial charge in [0.2, 0.25) is 0 Å². The van der Waals surface area contributed by atoms with Gasteiger partial charge in [-0.05, 0) is 31.9 Å². The van der Waals surface area contributed by atoms with Gasteiger partial charge in [0.25, 0.3) is 0 Å². The van der Waals surface area contributed by atoms with Crippen LogP contribution in [0.5, 0.6) is 0 Å². The first-order valence-electron chi connectivity index (χ1n) is 6.13. The lowest BCUT2D eigenvalue weighted by Gasteiger charge is -2.25. The molecule has 0 aromatic heterocycles. The van der Waals surface area contributed by atoms with Crippen molar-refractivity contribution in [1.29, 1.82) is 0 Å². The van der Waals surface area contributed by atoms with Gasteiger partial charge in [0.05, 0.1) is 0 Å². The van der Waals surface area contributed by atoms with Crippen molar-refractivity contribution in [3.63, 3.8) is 0 Å². The molecule has 0 saturated carbocycles. The smallest absolute Gasteiger partial charge is 0.317 e. The highest BCUT2D eigenvalue weighted by Gasteiger charge is 2.16. The zero-order chi connectivity index (χ0) is 13.8. The fourth-order valence-electron chi connectivity index (χ4n) is 1.54. The summed E-state index contributed by atoms with van der Waals surface area (Å²) in [5.74, 6) is 0. The predicted molar refractivity (Wildman–Crippen MR) is 74.1 cm³/mol. The van der Waals surface area contributed by atoms with Gasteiger partial charge in [-0.3, -0.25) is 0 Å². The maximum Gasteiger partial charge on any atom is 0.317 e. The molecule has 0 unspecified atom stereocenters. The number of nitrogens with one attached hydrogen (secondary N) is 1. The second-order valence-corrected chi connectivity index (χ2v) is 5.56. The Morgan fingerprint density at radius 3 is 2.17 bits per heavy atom. The first-order valence-corrected chi connectivity index (χ1v) is 6.13. The molecule has 4 heteroatoms. The Morgan fingerprint density at radius 1 is 1.22 bits per heavy atom. The number of carbonyl (C=O) groups excluding carboxylic acids is 1. The van der Waals surface area contributed by atoms with Crippen molar-refractivity contribution in [3.05, 3.63) is 35.4 Å². The summed E-state index contributed by atoms with van der Waals surface area (Å²) in [6, 6.07) is 7.92. The van der Waals surface area contributed by atoms with Gasteiger partial charge in [0, 0.05) is 25.7 Å². The number of amides is 2. The largest absolute Gasteiger partial charge is 0.333 e. The van der Waals surface area contributed by atoms with Crippen LogP contribution in [-0.4, -0.2) is 23.5 Å². The van der Waals surface area contributed by atoms with E-state index in [2.05, 4.69) is 5.32 Å². The van der Waals surface area contributed by atoms with Gasteiger partial charge in [-0.15, -0.1) is 0 Å². The third-order valence-corrected chi connectivity index (χ3v) is 2.51. The van der Waals surface area contributed by atoms with E-state index in [9.17, 15) is 4.79 Å². The van der Waals surface area contributed by atoms with E-state index in [-0.39, 0.29) is 11.6 Å². The average molecular weight is 249 g/mol. The van der Waals surface area contributed by atoms with Crippen LogP contribution in [0.1, 0.15) is 31.9 Å². The van der Waals surface area contributed by atoms with Crippen LogP contribution in [0.2, 0.25) is 0 Å². The van der Waals surface area contributed by atoms with E-state index in [0.29, 0.717) is 13.1 Å². The summed E-state index contributed by atoms with van der Waals surface area (Å²) in [5, 5.41) is 2.93. The summed E-state index contributed by atoms with van der Waals surface area (Å²) in [6.07, 6.45) is 0. The Morgan fingerprint density at radius 2 is 1.72 bits per heavy atom. The Labute approximate surface area is 109 Å². The van der Waals surface area contributed by atoms with Gasteiger partial charge in [-0.25, -0.2) is 4.79 Å². The summed E-state index contributed by atoms with van der Waals surface area (Å²) in [6.45, 7) is 7.03. The fourth-order valence-corrected chi connectivity index (χ4v) is 1.54. The molecule has 0 fully saturated rings. The van der Waals surface area contributed by atoms with Crippen LogP contribution in [0, 0.1) is 0 Å². The highest BCUT2D eigenvalue weighted by Crippen LogP contribution is 2.07. The molecule has 100 valence electrons. The van der Waals surface area contributed by atoms with E-state index in [1.165, 1.54) is 0 Å². The third kappa shape index (κ3) is 4.75. The minimum absolute atomic E-state index is 0.0644. The Bertz CT molecular complexity index is 392. The number of hydrogen-bond donors (Lipinski definition) is 2. The SMILES string of the molecule is CN(Cc1ccc(CN)cc1)C(=O)NC(C)(C)C. The molecule has 1 rings (SSSR count). The van der Waals surface area contributed by atoms with Gasteiger partial charge >= 0.3 is 6.03 Å². The number of urea groups is 1. The van der Waals surface area contributed by atoms with Crippen LogP contribution in [0.25, 0.3) is 0 Å². The number of benzene rings is 1. The molecule has 0 aliphatic carbocycles. The molecule has 0 radical (unpaired) electrons. The Balaban J connectivity index is 2.58. The molecule has 3 N–H and O–H groups in total. The first-order chi connectivity index (χ1) is 8.31. The van der Waals surface area contributed by atoms with Crippen molar-refractivity contribution in [1.82, 2.24) is 10.2 Å². The quantitative estimate of drug-likeness (QED) is 0.861. The minimum atomic E-state index is -0.214. The molecule has 0 aliphatic rings. The maximum absolute atomic E-state index is 11.9. The zero-order valence-corrected chi connectivity index (χ0v) is 11.7. The van der Waals surface area contributed by atoms with Gasteiger partial charge in [-0.1, -0.05) is 24.3 Å². The van der Waals surface area contributed by atoms with Gasteiger partial charge in [0.15, 0.2) is 0 Å². The second-order valence-electron chi connectivity index (χ2n) is 5.56. The average Bonchev–Trinajstić information content (AvgIpc) is 2.27. The molecule has 1 aromatic rings. The van der Waals surface area contributed by atoms with E-state index in [0.717, 1.165) is 11.1 Å². The number of nitrogens with two attached hydrogens (primary N) is 1. The van der Waals surface area contributed by atoms with Crippen molar-refractivity contribution in [3.8, 4) is 0 Å². The number of hydrogen-bond acceptors (Lipinski definition) is 2. The highest BCUT2D eigenvalue weighted by molar-refractivity contribution is 5.74. The monoisotopic (exact) mass is 249 g/mol. The van der Waals surface area contributed by atoms with E-state index < -0.39 is 0 Å². The summed E-state index contributed by atoms with van der Waals surface area (Å²) in [4.78, 5) is 13.6. The minimum Gasteiger partial charge on any atom is -0.333 e. The van der Waals surface area contributed by atoms with Crippen LogP contribution < -0.4 is 11.1 Å².